The van der Waals surface area contributed by atoms with E-state index >= 15 is 0 Å². The highest BCUT2D eigenvalue weighted by Gasteiger charge is 2.27. The van der Waals surface area contributed by atoms with Crippen molar-refractivity contribution >= 4 is 5.91 Å². The van der Waals surface area contributed by atoms with Crippen LogP contribution < -0.4 is 0 Å². The fourth-order valence-corrected chi connectivity index (χ4v) is 1.99. The van der Waals surface area contributed by atoms with Crippen molar-refractivity contribution in [1.82, 2.24) is 9.47 Å². The second kappa shape index (κ2) is 5.09. The molecule has 1 saturated carbocycles. The summed E-state index contributed by atoms with van der Waals surface area (Å²) in [5.41, 5.74) is 0.739. The van der Waals surface area contributed by atoms with Gasteiger partial charge in [-0.3, -0.25) is 4.79 Å². The third-order valence-electron chi connectivity index (χ3n) is 3.13. The van der Waals surface area contributed by atoms with Crippen LogP contribution in [0.15, 0.2) is 18.3 Å². The summed E-state index contributed by atoms with van der Waals surface area (Å²) in [5.74, 6) is 3.30. The zero-order valence-corrected chi connectivity index (χ0v) is 10.2. The SMILES string of the molecule is C#CCN(CC1CC1)C(=O)c1cccn1CC. The van der Waals surface area contributed by atoms with Crippen LogP contribution in [0.4, 0.5) is 0 Å². The topological polar surface area (TPSA) is 25.2 Å². The summed E-state index contributed by atoms with van der Waals surface area (Å²) in [6.45, 7) is 4.05. The number of carbonyl (C=O) groups excluding carboxylic acids is 1. The van der Waals surface area contributed by atoms with Crippen molar-refractivity contribution in [3.8, 4) is 12.3 Å². The van der Waals surface area contributed by atoms with Gasteiger partial charge in [0.2, 0.25) is 0 Å². The van der Waals surface area contributed by atoms with E-state index in [9.17, 15) is 4.79 Å². The van der Waals surface area contributed by atoms with Gasteiger partial charge in [0.05, 0.1) is 6.54 Å². The molecule has 3 nitrogen and oxygen atoms in total. The van der Waals surface area contributed by atoms with E-state index in [4.69, 9.17) is 6.42 Å². The molecule has 2 rings (SSSR count). The number of aromatic nitrogens is 1. The minimum atomic E-state index is 0.0571. The summed E-state index contributed by atoms with van der Waals surface area (Å²) < 4.78 is 1.96. The normalized spacial score (nSPS) is 14.4. The maximum Gasteiger partial charge on any atom is 0.271 e. The molecule has 0 saturated heterocycles. The standard InChI is InChI=1S/C14H18N2O/c1-3-9-16(11-12-7-8-12)14(17)13-6-5-10-15(13)4-2/h1,5-6,10,12H,4,7-9,11H2,2H3. The second-order valence-electron chi connectivity index (χ2n) is 4.51. The van der Waals surface area contributed by atoms with Crippen LogP contribution >= 0.6 is 0 Å². The van der Waals surface area contributed by atoms with Gasteiger partial charge in [0.15, 0.2) is 0 Å². The number of terminal acetylenes is 1. The first-order valence-electron chi connectivity index (χ1n) is 6.14. The first kappa shape index (κ1) is 11.8. The monoisotopic (exact) mass is 230 g/mol. The Hall–Kier alpha value is -1.69. The molecule has 0 radical (unpaired) electrons. The van der Waals surface area contributed by atoms with Crippen LogP contribution in [0.1, 0.15) is 30.3 Å². The zero-order valence-electron chi connectivity index (χ0n) is 10.2. The van der Waals surface area contributed by atoms with Crippen molar-refractivity contribution in [3.05, 3.63) is 24.0 Å². The molecule has 0 bridgehead atoms. The van der Waals surface area contributed by atoms with Gasteiger partial charge in [0, 0.05) is 19.3 Å². The minimum absolute atomic E-state index is 0.0571. The average Bonchev–Trinajstić information content (AvgIpc) is 3.02. The summed E-state index contributed by atoms with van der Waals surface area (Å²) in [6, 6.07) is 3.77. The lowest BCUT2D eigenvalue weighted by atomic mass is 10.3. The number of hydrogen-bond acceptors (Lipinski definition) is 1. The lowest BCUT2D eigenvalue weighted by Gasteiger charge is -2.20. The Labute approximate surface area is 102 Å². The molecule has 0 N–H and O–H groups in total. The molecule has 1 aliphatic carbocycles. The molecule has 1 amide bonds. The van der Waals surface area contributed by atoms with Gasteiger partial charge >= 0.3 is 0 Å². The molecule has 1 aliphatic rings. The first-order valence-corrected chi connectivity index (χ1v) is 6.14. The van der Waals surface area contributed by atoms with Crippen molar-refractivity contribution < 1.29 is 4.79 Å². The Morgan fingerprint density at radius 3 is 3.00 bits per heavy atom. The number of rotatable bonds is 5. The number of aryl methyl sites for hydroxylation is 1. The van der Waals surface area contributed by atoms with Gasteiger partial charge in [0.25, 0.3) is 5.91 Å². The number of hydrogen-bond donors (Lipinski definition) is 0. The second-order valence-corrected chi connectivity index (χ2v) is 4.51. The highest BCUT2D eigenvalue weighted by atomic mass is 16.2. The van der Waals surface area contributed by atoms with Crippen molar-refractivity contribution in [1.29, 1.82) is 0 Å². The van der Waals surface area contributed by atoms with Crippen molar-refractivity contribution in [2.45, 2.75) is 26.3 Å². The molecular weight excluding hydrogens is 212 g/mol. The minimum Gasteiger partial charge on any atom is -0.344 e. The molecule has 1 fully saturated rings. The van der Waals surface area contributed by atoms with E-state index in [0.717, 1.165) is 18.8 Å². The summed E-state index contributed by atoms with van der Waals surface area (Å²) >= 11 is 0. The lowest BCUT2D eigenvalue weighted by Crippen LogP contribution is -2.34. The van der Waals surface area contributed by atoms with Crippen molar-refractivity contribution in [3.63, 3.8) is 0 Å². The smallest absolute Gasteiger partial charge is 0.271 e. The predicted molar refractivity (Wildman–Crippen MR) is 67.6 cm³/mol. The summed E-state index contributed by atoms with van der Waals surface area (Å²) in [6.07, 6.45) is 9.72. The van der Waals surface area contributed by atoms with Gasteiger partial charge in [0.1, 0.15) is 5.69 Å². The maximum absolute atomic E-state index is 12.3. The van der Waals surface area contributed by atoms with Gasteiger partial charge < -0.3 is 9.47 Å². The Morgan fingerprint density at radius 1 is 1.65 bits per heavy atom. The Morgan fingerprint density at radius 2 is 2.41 bits per heavy atom. The highest BCUT2D eigenvalue weighted by Crippen LogP contribution is 2.30. The molecule has 1 aromatic heterocycles. The first-order chi connectivity index (χ1) is 8.26. The van der Waals surface area contributed by atoms with E-state index in [1.54, 1.807) is 4.90 Å². The molecular formula is C14H18N2O. The zero-order chi connectivity index (χ0) is 12.3. The third-order valence-corrected chi connectivity index (χ3v) is 3.13. The lowest BCUT2D eigenvalue weighted by molar-refractivity contribution is 0.0759. The van der Waals surface area contributed by atoms with Crippen LogP contribution in [0, 0.1) is 18.3 Å². The number of carbonyl (C=O) groups is 1. The van der Waals surface area contributed by atoms with E-state index in [-0.39, 0.29) is 5.91 Å². The Kier molecular flexibility index (Phi) is 3.53. The molecule has 0 aromatic carbocycles. The third kappa shape index (κ3) is 2.71. The highest BCUT2D eigenvalue weighted by molar-refractivity contribution is 5.93. The van der Waals surface area contributed by atoms with Gasteiger partial charge in [-0.15, -0.1) is 6.42 Å². The predicted octanol–water partition coefficient (Wildman–Crippen LogP) is 1.99. The van der Waals surface area contributed by atoms with Crippen LogP contribution in [0.2, 0.25) is 0 Å². The fraction of sp³-hybridized carbons (Fsp3) is 0.500. The molecule has 0 aliphatic heterocycles. The van der Waals surface area contributed by atoms with E-state index < -0.39 is 0 Å². The van der Waals surface area contributed by atoms with Gasteiger partial charge in [-0.2, -0.15) is 0 Å². The van der Waals surface area contributed by atoms with Crippen LogP contribution in [0.25, 0.3) is 0 Å². The van der Waals surface area contributed by atoms with Crippen molar-refractivity contribution in [2.24, 2.45) is 5.92 Å². The van der Waals surface area contributed by atoms with Crippen LogP contribution in [-0.4, -0.2) is 28.5 Å². The van der Waals surface area contributed by atoms with Crippen LogP contribution in [0.5, 0.6) is 0 Å². The van der Waals surface area contributed by atoms with E-state index in [1.165, 1.54) is 12.8 Å². The largest absolute Gasteiger partial charge is 0.344 e. The number of amides is 1. The van der Waals surface area contributed by atoms with Gasteiger partial charge in [-0.25, -0.2) is 0 Å². The molecule has 1 aromatic rings. The van der Waals surface area contributed by atoms with Gasteiger partial charge in [-0.05, 0) is 37.8 Å². The Balaban J connectivity index is 2.12. The molecule has 0 atom stereocenters. The van der Waals surface area contributed by atoms with Gasteiger partial charge in [-0.1, -0.05) is 5.92 Å². The number of nitrogens with zero attached hydrogens (tertiary/aromatic N) is 2. The summed E-state index contributed by atoms with van der Waals surface area (Å²) in [5, 5.41) is 0. The molecule has 0 unspecified atom stereocenters. The summed E-state index contributed by atoms with van der Waals surface area (Å²) in [7, 11) is 0. The summed E-state index contributed by atoms with van der Waals surface area (Å²) in [4.78, 5) is 14.1. The Bertz CT molecular complexity index is 437. The van der Waals surface area contributed by atoms with Crippen LogP contribution in [-0.2, 0) is 6.54 Å². The molecule has 1 heterocycles. The average molecular weight is 230 g/mol. The van der Waals surface area contributed by atoms with Crippen LogP contribution in [0.3, 0.4) is 0 Å². The van der Waals surface area contributed by atoms with E-state index in [2.05, 4.69) is 5.92 Å². The fourth-order valence-electron chi connectivity index (χ4n) is 1.99. The van der Waals surface area contributed by atoms with E-state index in [1.807, 2.05) is 29.8 Å². The molecule has 17 heavy (non-hydrogen) atoms. The molecule has 3 heteroatoms. The van der Waals surface area contributed by atoms with Crippen molar-refractivity contribution in [2.75, 3.05) is 13.1 Å². The molecule has 90 valence electrons. The molecule has 0 spiro atoms. The maximum atomic E-state index is 12.3. The van der Waals surface area contributed by atoms with E-state index in [0.29, 0.717) is 12.5 Å². The quantitative estimate of drug-likeness (QED) is 0.710.